The van der Waals surface area contributed by atoms with Gasteiger partial charge in [-0.1, -0.05) is 54.6 Å². The number of hydrogen-bond donors (Lipinski definition) is 0. The Kier molecular flexibility index (Phi) is 7.03. The van der Waals surface area contributed by atoms with E-state index >= 15 is 0 Å². The second-order valence-electron chi connectivity index (χ2n) is 9.02. The molecule has 6 heteroatoms. The number of anilines is 2. The Morgan fingerprint density at radius 3 is 2.25 bits per heavy atom. The van der Waals surface area contributed by atoms with Crippen molar-refractivity contribution in [2.24, 2.45) is 5.92 Å². The number of para-hydroxylation sites is 2. The first-order chi connectivity index (χ1) is 17.6. The molecule has 0 N–H and O–H groups in total. The lowest BCUT2D eigenvalue weighted by atomic mass is 10.0. The Labute approximate surface area is 211 Å². The highest BCUT2D eigenvalue weighted by Crippen LogP contribution is 2.56. The fourth-order valence-electron chi connectivity index (χ4n) is 4.82. The highest BCUT2D eigenvalue weighted by atomic mass is 16.6. The average Bonchev–Trinajstić information content (AvgIpc) is 3.67. The molecule has 2 aliphatic rings. The Morgan fingerprint density at radius 2 is 1.58 bits per heavy atom. The predicted octanol–water partition coefficient (Wildman–Crippen LogP) is 6.49. The first-order valence-corrected chi connectivity index (χ1v) is 12.3. The molecule has 0 radical (unpaired) electrons. The van der Waals surface area contributed by atoms with Crippen LogP contribution in [0.3, 0.4) is 0 Å². The minimum absolute atomic E-state index is 0.106. The monoisotopic (exact) mass is 483 g/mol. The number of benzene rings is 3. The number of hydrogen-bond acceptors (Lipinski definition) is 5. The number of carbonyl (C=O) groups is 2. The van der Waals surface area contributed by atoms with Crippen LogP contribution in [0.5, 0.6) is 5.75 Å². The minimum Gasteiger partial charge on any atom is -0.482 e. The standard InChI is InChI=1S/C30H29NO5/c1-2-34-28(32)20-35-27-15-9-10-22-16-21(17-23-18-26(23)29(22)27)19-36-30(33)31(24-11-5-3-6-12-24)25-13-7-4-8-14-25/h3-16,23,26H,2,17-20H2,1H3. The van der Waals surface area contributed by atoms with Crippen LogP contribution in [0.1, 0.15) is 36.8 Å². The lowest BCUT2D eigenvalue weighted by molar-refractivity contribution is -0.145. The third kappa shape index (κ3) is 5.28. The predicted molar refractivity (Wildman–Crippen MR) is 138 cm³/mol. The topological polar surface area (TPSA) is 65.1 Å². The molecule has 1 fully saturated rings. The van der Waals surface area contributed by atoms with E-state index in [0.717, 1.165) is 46.7 Å². The van der Waals surface area contributed by atoms with Gasteiger partial charge in [0, 0.05) is 5.56 Å². The van der Waals surface area contributed by atoms with Gasteiger partial charge in [-0.05, 0) is 73.1 Å². The minimum atomic E-state index is -0.420. The first-order valence-electron chi connectivity index (χ1n) is 12.3. The number of fused-ring (bicyclic) bond motifs is 3. The second kappa shape index (κ2) is 10.7. The highest BCUT2D eigenvalue weighted by molar-refractivity contribution is 5.96. The molecule has 184 valence electrons. The van der Waals surface area contributed by atoms with E-state index < -0.39 is 6.09 Å². The molecule has 1 saturated carbocycles. The average molecular weight is 484 g/mol. The Bertz CT molecular complexity index is 1220. The molecular formula is C30H29NO5. The van der Waals surface area contributed by atoms with Crippen molar-refractivity contribution in [3.8, 4) is 5.75 Å². The molecule has 0 aromatic heterocycles. The molecule has 6 nitrogen and oxygen atoms in total. The van der Waals surface area contributed by atoms with Crippen molar-refractivity contribution in [3.05, 3.63) is 95.6 Å². The van der Waals surface area contributed by atoms with E-state index in [1.165, 1.54) is 0 Å². The summed E-state index contributed by atoms with van der Waals surface area (Å²) >= 11 is 0. The fraction of sp³-hybridized carbons (Fsp3) is 0.267. The van der Waals surface area contributed by atoms with Crippen molar-refractivity contribution in [1.29, 1.82) is 0 Å². The van der Waals surface area contributed by atoms with E-state index in [1.807, 2.05) is 72.8 Å². The van der Waals surface area contributed by atoms with Crippen molar-refractivity contribution in [2.75, 3.05) is 24.7 Å². The smallest absolute Gasteiger partial charge is 0.419 e. The van der Waals surface area contributed by atoms with Crippen LogP contribution in [-0.4, -0.2) is 31.9 Å². The normalized spacial score (nSPS) is 17.5. The van der Waals surface area contributed by atoms with Crippen LogP contribution < -0.4 is 9.64 Å². The van der Waals surface area contributed by atoms with Crippen molar-refractivity contribution in [3.63, 3.8) is 0 Å². The number of nitrogens with zero attached hydrogens (tertiary/aromatic N) is 1. The van der Waals surface area contributed by atoms with Gasteiger partial charge in [0.15, 0.2) is 6.61 Å². The van der Waals surface area contributed by atoms with Crippen molar-refractivity contribution < 1.29 is 23.8 Å². The molecule has 0 heterocycles. The Balaban J connectivity index is 1.33. The summed E-state index contributed by atoms with van der Waals surface area (Å²) < 4.78 is 16.7. The maximum Gasteiger partial charge on any atom is 0.419 e. The summed E-state index contributed by atoms with van der Waals surface area (Å²) in [5, 5.41) is 0. The van der Waals surface area contributed by atoms with Gasteiger partial charge in [-0.25, -0.2) is 14.5 Å². The number of amides is 1. The summed E-state index contributed by atoms with van der Waals surface area (Å²) in [6, 6.07) is 24.9. The third-order valence-corrected chi connectivity index (χ3v) is 6.52. The summed E-state index contributed by atoms with van der Waals surface area (Å²) in [6.45, 7) is 2.21. The number of ether oxygens (including phenoxy) is 3. The van der Waals surface area contributed by atoms with E-state index in [4.69, 9.17) is 14.2 Å². The summed E-state index contributed by atoms with van der Waals surface area (Å²) in [5.74, 6) is 1.21. The van der Waals surface area contributed by atoms with Crippen LogP contribution in [0.15, 0.2) is 84.4 Å². The number of carbonyl (C=O) groups excluding carboxylic acids is 2. The molecule has 36 heavy (non-hydrogen) atoms. The van der Waals surface area contributed by atoms with Gasteiger partial charge in [0.2, 0.25) is 0 Å². The summed E-state index contributed by atoms with van der Waals surface area (Å²) in [4.78, 5) is 26.7. The molecule has 3 aromatic carbocycles. The molecule has 2 unspecified atom stereocenters. The quantitative estimate of drug-likeness (QED) is 0.343. The maximum absolute atomic E-state index is 13.3. The molecule has 2 aliphatic carbocycles. The molecule has 5 rings (SSSR count). The Hall–Kier alpha value is -4.06. The lowest BCUT2D eigenvalue weighted by Gasteiger charge is -2.22. The number of esters is 1. The molecule has 2 atom stereocenters. The van der Waals surface area contributed by atoms with E-state index in [-0.39, 0.29) is 19.2 Å². The zero-order valence-electron chi connectivity index (χ0n) is 20.3. The second-order valence-corrected chi connectivity index (χ2v) is 9.02. The molecule has 0 aliphatic heterocycles. The first kappa shape index (κ1) is 23.7. The molecule has 3 aromatic rings. The van der Waals surface area contributed by atoms with Crippen LogP contribution in [0, 0.1) is 5.92 Å². The van der Waals surface area contributed by atoms with Crippen LogP contribution in [0.25, 0.3) is 6.08 Å². The van der Waals surface area contributed by atoms with Crippen LogP contribution in [0.4, 0.5) is 16.2 Å². The number of rotatable bonds is 8. The van der Waals surface area contributed by atoms with Gasteiger partial charge in [0.05, 0.1) is 18.0 Å². The van der Waals surface area contributed by atoms with E-state index in [2.05, 4.69) is 12.1 Å². The van der Waals surface area contributed by atoms with Crippen LogP contribution >= 0.6 is 0 Å². The van der Waals surface area contributed by atoms with Gasteiger partial charge in [0.1, 0.15) is 12.4 Å². The van der Waals surface area contributed by atoms with Crippen molar-refractivity contribution in [1.82, 2.24) is 0 Å². The highest BCUT2D eigenvalue weighted by Gasteiger charge is 2.43. The molecule has 0 saturated heterocycles. The SMILES string of the molecule is CCOC(=O)COc1cccc2c1C1CC1CC(COC(=O)N(c1ccccc1)c1ccccc1)=C2. The van der Waals surface area contributed by atoms with Crippen molar-refractivity contribution >= 4 is 29.5 Å². The zero-order chi connectivity index (χ0) is 24.9. The van der Waals surface area contributed by atoms with Gasteiger partial charge in [-0.3, -0.25) is 0 Å². The molecular weight excluding hydrogens is 454 g/mol. The largest absolute Gasteiger partial charge is 0.482 e. The molecule has 1 amide bonds. The van der Waals surface area contributed by atoms with Crippen molar-refractivity contribution in [2.45, 2.75) is 25.7 Å². The van der Waals surface area contributed by atoms with Gasteiger partial charge in [-0.2, -0.15) is 0 Å². The summed E-state index contributed by atoms with van der Waals surface area (Å²) in [6.07, 6.45) is 3.59. The molecule has 0 spiro atoms. The van der Waals surface area contributed by atoms with E-state index in [9.17, 15) is 9.59 Å². The van der Waals surface area contributed by atoms with Gasteiger partial charge < -0.3 is 14.2 Å². The fourth-order valence-corrected chi connectivity index (χ4v) is 4.82. The zero-order valence-corrected chi connectivity index (χ0v) is 20.3. The van der Waals surface area contributed by atoms with Gasteiger partial charge in [0.25, 0.3) is 0 Å². The van der Waals surface area contributed by atoms with Gasteiger partial charge >= 0.3 is 12.1 Å². The van der Waals surface area contributed by atoms with E-state index in [0.29, 0.717) is 18.4 Å². The summed E-state index contributed by atoms with van der Waals surface area (Å²) in [7, 11) is 0. The Morgan fingerprint density at radius 1 is 0.889 bits per heavy atom. The summed E-state index contributed by atoms with van der Waals surface area (Å²) in [5.41, 5.74) is 4.75. The van der Waals surface area contributed by atoms with E-state index in [1.54, 1.807) is 11.8 Å². The maximum atomic E-state index is 13.3. The van der Waals surface area contributed by atoms with Crippen LogP contribution in [-0.2, 0) is 14.3 Å². The molecule has 0 bridgehead atoms. The lowest BCUT2D eigenvalue weighted by Crippen LogP contribution is -2.27. The third-order valence-electron chi connectivity index (χ3n) is 6.52. The van der Waals surface area contributed by atoms with Gasteiger partial charge in [-0.15, -0.1) is 0 Å². The van der Waals surface area contributed by atoms with Crippen LogP contribution in [0.2, 0.25) is 0 Å².